The molecule has 0 spiro atoms. The Morgan fingerprint density at radius 1 is 1.19 bits per heavy atom. The third kappa shape index (κ3) is 5.72. The summed E-state index contributed by atoms with van der Waals surface area (Å²) in [4.78, 5) is 25.4. The summed E-state index contributed by atoms with van der Waals surface area (Å²) < 4.78 is 32.4. The van der Waals surface area contributed by atoms with Crippen LogP contribution < -0.4 is 15.8 Å². The summed E-state index contributed by atoms with van der Waals surface area (Å²) in [6.45, 7) is -0.130. The normalized spacial score (nSPS) is 16.7. The SMILES string of the molecule is COc1ccc(Cl)cc1CC1CNC(=O)CN(S(=O)(=O)c2ccc(CCN)cc2)C1=O.Cl. The molecular weight excluding hydrogens is 477 g/mol. The Balaban J connectivity index is 0.00000363. The molecule has 2 aromatic rings. The molecule has 1 fully saturated rings. The van der Waals surface area contributed by atoms with Crippen molar-refractivity contribution < 1.29 is 22.7 Å². The molecule has 32 heavy (non-hydrogen) atoms. The van der Waals surface area contributed by atoms with E-state index in [-0.39, 0.29) is 30.3 Å². The fourth-order valence-electron chi connectivity index (χ4n) is 3.45. The summed E-state index contributed by atoms with van der Waals surface area (Å²) in [6.07, 6.45) is 0.763. The zero-order valence-corrected chi connectivity index (χ0v) is 19.8. The zero-order valence-electron chi connectivity index (χ0n) is 17.4. The van der Waals surface area contributed by atoms with Gasteiger partial charge in [0.25, 0.3) is 10.0 Å². The Morgan fingerprint density at radius 2 is 1.88 bits per heavy atom. The number of hydrogen-bond acceptors (Lipinski definition) is 6. The lowest BCUT2D eigenvalue weighted by atomic mass is 9.98. The molecular formula is C21H25Cl2N3O5S. The van der Waals surface area contributed by atoms with Gasteiger partial charge in [-0.3, -0.25) is 9.59 Å². The largest absolute Gasteiger partial charge is 0.496 e. The van der Waals surface area contributed by atoms with Crippen LogP contribution in [-0.2, 0) is 32.5 Å². The molecule has 3 rings (SSSR count). The molecule has 2 aromatic carbocycles. The molecule has 3 N–H and O–H groups in total. The lowest BCUT2D eigenvalue weighted by Gasteiger charge is -2.23. The van der Waals surface area contributed by atoms with Crippen LogP contribution in [0.2, 0.25) is 5.02 Å². The Bertz CT molecular complexity index is 1080. The van der Waals surface area contributed by atoms with Crippen molar-refractivity contribution in [3.05, 3.63) is 58.6 Å². The summed E-state index contributed by atoms with van der Waals surface area (Å²) in [6, 6.07) is 11.1. The lowest BCUT2D eigenvalue weighted by molar-refractivity contribution is -0.131. The van der Waals surface area contributed by atoms with Crippen molar-refractivity contribution in [1.29, 1.82) is 0 Å². The number of methoxy groups -OCH3 is 1. The maximum atomic E-state index is 13.2. The number of amides is 2. The van der Waals surface area contributed by atoms with Crippen LogP contribution in [0, 0.1) is 5.92 Å². The number of carbonyl (C=O) groups is 2. The lowest BCUT2D eigenvalue weighted by Crippen LogP contribution is -2.42. The molecule has 1 atom stereocenters. The zero-order chi connectivity index (χ0) is 22.6. The minimum Gasteiger partial charge on any atom is -0.496 e. The third-order valence-corrected chi connectivity index (χ3v) is 7.07. The van der Waals surface area contributed by atoms with Crippen molar-refractivity contribution in [2.75, 3.05) is 26.7 Å². The van der Waals surface area contributed by atoms with Crippen molar-refractivity contribution in [3.8, 4) is 5.75 Å². The van der Waals surface area contributed by atoms with Crippen LogP contribution in [0.15, 0.2) is 47.4 Å². The van der Waals surface area contributed by atoms with Crippen LogP contribution in [0.25, 0.3) is 0 Å². The molecule has 1 unspecified atom stereocenters. The fraction of sp³-hybridized carbons (Fsp3) is 0.333. The molecule has 174 valence electrons. The van der Waals surface area contributed by atoms with Crippen molar-refractivity contribution >= 4 is 45.8 Å². The highest BCUT2D eigenvalue weighted by Crippen LogP contribution is 2.27. The smallest absolute Gasteiger partial charge is 0.266 e. The van der Waals surface area contributed by atoms with Crippen LogP contribution in [0.1, 0.15) is 11.1 Å². The summed E-state index contributed by atoms with van der Waals surface area (Å²) in [7, 11) is -2.72. The first-order valence-corrected chi connectivity index (χ1v) is 11.5. The van der Waals surface area contributed by atoms with E-state index in [0.29, 0.717) is 33.6 Å². The number of rotatable bonds is 7. The van der Waals surface area contributed by atoms with Crippen LogP contribution in [0.5, 0.6) is 5.75 Å². The number of hydrogen-bond donors (Lipinski definition) is 2. The summed E-state index contributed by atoms with van der Waals surface area (Å²) in [5.74, 6) is -1.48. The number of sulfonamides is 1. The first-order chi connectivity index (χ1) is 14.8. The number of ether oxygens (including phenoxy) is 1. The molecule has 1 heterocycles. The van der Waals surface area contributed by atoms with E-state index in [2.05, 4.69) is 5.32 Å². The molecule has 0 saturated carbocycles. The van der Waals surface area contributed by atoms with E-state index in [4.69, 9.17) is 22.1 Å². The summed E-state index contributed by atoms with van der Waals surface area (Å²) >= 11 is 6.08. The van der Waals surface area contributed by atoms with Gasteiger partial charge in [-0.1, -0.05) is 23.7 Å². The van der Waals surface area contributed by atoms with E-state index >= 15 is 0 Å². The van der Waals surface area contributed by atoms with Gasteiger partial charge in [-0.15, -0.1) is 12.4 Å². The minimum atomic E-state index is -4.21. The predicted octanol–water partition coefficient (Wildman–Crippen LogP) is 1.78. The first kappa shape index (κ1) is 25.9. The van der Waals surface area contributed by atoms with E-state index in [1.807, 2.05) is 0 Å². The average Bonchev–Trinajstić information content (AvgIpc) is 2.88. The summed E-state index contributed by atoms with van der Waals surface area (Å²) in [5.41, 5.74) is 7.06. The monoisotopic (exact) mass is 501 g/mol. The van der Waals surface area contributed by atoms with Gasteiger partial charge in [0.15, 0.2) is 0 Å². The maximum Gasteiger partial charge on any atom is 0.266 e. The number of nitrogens with zero attached hydrogens (tertiary/aromatic N) is 1. The Kier molecular flexibility index (Phi) is 8.91. The highest BCUT2D eigenvalue weighted by Gasteiger charge is 2.38. The number of nitrogens with two attached hydrogens (primary N) is 1. The predicted molar refractivity (Wildman–Crippen MR) is 124 cm³/mol. The molecule has 11 heteroatoms. The van der Waals surface area contributed by atoms with E-state index in [0.717, 1.165) is 5.56 Å². The van der Waals surface area contributed by atoms with Crippen LogP contribution >= 0.6 is 24.0 Å². The van der Waals surface area contributed by atoms with Gasteiger partial charge in [-0.05, 0) is 60.8 Å². The van der Waals surface area contributed by atoms with Gasteiger partial charge in [0, 0.05) is 11.6 Å². The van der Waals surface area contributed by atoms with Gasteiger partial charge in [-0.25, -0.2) is 12.7 Å². The van der Waals surface area contributed by atoms with Gasteiger partial charge in [0.1, 0.15) is 12.3 Å². The van der Waals surface area contributed by atoms with Gasteiger partial charge in [-0.2, -0.15) is 0 Å². The van der Waals surface area contributed by atoms with Crippen LogP contribution in [-0.4, -0.2) is 51.3 Å². The van der Waals surface area contributed by atoms with Gasteiger partial charge in [0.2, 0.25) is 11.8 Å². The quantitative estimate of drug-likeness (QED) is 0.596. The summed E-state index contributed by atoms with van der Waals surface area (Å²) in [5, 5.41) is 3.08. The van der Waals surface area contributed by atoms with E-state index < -0.39 is 34.3 Å². The minimum absolute atomic E-state index is 0. The molecule has 0 aromatic heterocycles. The average molecular weight is 502 g/mol. The topological polar surface area (TPSA) is 119 Å². The fourth-order valence-corrected chi connectivity index (χ4v) is 5.05. The van der Waals surface area contributed by atoms with Crippen LogP contribution in [0.3, 0.4) is 0 Å². The molecule has 1 aliphatic rings. The number of benzene rings is 2. The second kappa shape index (κ2) is 11.0. The van der Waals surface area contributed by atoms with Crippen LogP contribution in [0.4, 0.5) is 0 Å². The number of carbonyl (C=O) groups excluding carboxylic acids is 2. The molecule has 8 nitrogen and oxygen atoms in total. The van der Waals surface area contributed by atoms with E-state index in [1.54, 1.807) is 30.3 Å². The number of halogens is 2. The second-order valence-corrected chi connectivity index (χ2v) is 9.49. The van der Waals surface area contributed by atoms with Gasteiger partial charge < -0.3 is 15.8 Å². The maximum absolute atomic E-state index is 13.2. The van der Waals surface area contributed by atoms with E-state index in [9.17, 15) is 18.0 Å². The van der Waals surface area contributed by atoms with Crippen molar-refractivity contribution in [1.82, 2.24) is 9.62 Å². The van der Waals surface area contributed by atoms with Crippen molar-refractivity contribution in [2.24, 2.45) is 11.7 Å². The first-order valence-electron chi connectivity index (χ1n) is 9.71. The molecule has 0 radical (unpaired) electrons. The highest BCUT2D eigenvalue weighted by atomic mass is 35.5. The van der Waals surface area contributed by atoms with Crippen molar-refractivity contribution in [3.63, 3.8) is 0 Å². The van der Waals surface area contributed by atoms with Gasteiger partial charge >= 0.3 is 0 Å². The molecule has 1 saturated heterocycles. The number of nitrogens with one attached hydrogen (secondary N) is 1. The van der Waals surface area contributed by atoms with Crippen molar-refractivity contribution in [2.45, 2.75) is 17.7 Å². The highest BCUT2D eigenvalue weighted by molar-refractivity contribution is 7.89. The molecule has 2 amide bonds. The Hall–Kier alpha value is -2.33. The molecule has 1 aliphatic heterocycles. The third-order valence-electron chi connectivity index (χ3n) is 5.08. The molecule has 0 aliphatic carbocycles. The van der Waals surface area contributed by atoms with E-state index in [1.165, 1.54) is 19.2 Å². The standard InChI is InChI=1S/C21H24ClN3O5S.ClH/c1-30-19-7-4-17(22)11-15(19)10-16-12-24-20(26)13-25(21(16)27)31(28,29)18-5-2-14(3-6-18)8-9-23;/h2-7,11,16H,8-10,12-13,23H2,1H3,(H,24,26);1H. The second-order valence-electron chi connectivity index (χ2n) is 7.19. The van der Waals surface area contributed by atoms with Gasteiger partial charge in [0.05, 0.1) is 17.9 Å². The Morgan fingerprint density at radius 3 is 2.50 bits per heavy atom. The molecule has 0 bridgehead atoms. The Labute approximate surface area is 198 Å².